The van der Waals surface area contributed by atoms with E-state index in [1.54, 1.807) is 36.4 Å². The minimum absolute atomic E-state index is 0.347. The van der Waals surface area contributed by atoms with E-state index in [1.165, 1.54) is 5.56 Å². The highest BCUT2D eigenvalue weighted by molar-refractivity contribution is 5.87. The van der Waals surface area contributed by atoms with Crippen molar-refractivity contribution in [3.63, 3.8) is 0 Å². The first-order valence-corrected chi connectivity index (χ1v) is 6.34. The van der Waals surface area contributed by atoms with Crippen LogP contribution in [0.4, 0.5) is 11.4 Å². The average Bonchev–Trinajstić information content (AvgIpc) is 2.43. The Morgan fingerprint density at radius 2 is 1.30 bits per heavy atom. The van der Waals surface area contributed by atoms with Crippen LogP contribution in [0.1, 0.15) is 35.7 Å². The molecule has 5 N–H and O–H groups in total. The zero-order valence-corrected chi connectivity index (χ0v) is 11.7. The highest BCUT2D eigenvalue weighted by atomic mass is 16.4. The van der Waals surface area contributed by atoms with Gasteiger partial charge < -0.3 is 16.6 Å². The minimum Gasteiger partial charge on any atom is -0.478 e. The van der Waals surface area contributed by atoms with Crippen molar-refractivity contribution in [2.75, 3.05) is 11.5 Å². The molecule has 0 heterocycles. The van der Waals surface area contributed by atoms with Crippen LogP contribution in [0.15, 0.2) is 48.5 Å². The van der Waals surface area contributed by atoms with Crippen LogP contribution in [0.25, 0.3) is 0 Å². The summed E-state index contributed by atoms with van der Waals surface area (Å²) < 4.78 is 0. The molecule has 0 fully saturated rings. The number of carboxylic acids is 1. The van der Waals surface area contributed by atoms with E-state index in [9.17, 15) is 4.79 Å². The van der Waals surface area contributed by atoms with E-state index in [-0.39, 0.29) is 0 Å². The molecule has 0 spiro atoms. The van der Waals surface area contributed by atoms with Gasteiger partial charge in [-0.05, 0) is 47.9 Å². The maximum absolute atomic E-state index is 10.5. The number of nitrogen functional groups attached to an aromatic ring is 2. The van der Waals surface area contributed by atoms with E-state index in [1.807, 2.05) is 12.1 Å². The van der Waals surface area contributed by atoms with Crippen LogP contribution in [0.2, 0.25) is 0 Å². The van der Waals surface area contributed by atoms with Crippen molar-refractivity contribution < 1.29 is 9.90 Å². The van der Waals surface area contributed by atoms with Crippen LogP contribution >= 0.6 is 0 Å². The van der Waals surface area contributed by atoms with Crippen molar-refractivity contribution in [3.8, 4) is 0 Å². The summed E-state index contributed by atoms with van der Waals surface area (Å²) in [6.07, 6.45) is 0. The van der Waals surface area contributed by atoms with Crippen molar-refractivity contribution in [1.82, 2.24) is 0 Å². The molecular weight excluding hydrogens is 252 g/mol. The van der Waals surface area contributed by atoms with Crippen molar-refractivity contribution in [1.29, 1.82) is 0 Å². The second-order valence-electron chi connectivity index (χ2n) is 4.75. The van der Waals surface area contributed by atoms with Crippen LogP contribution in [0, 0.1) is 0 Å². The Kier molecular flexibility index (Phi) is 5.59. The fourth-order valence-corrected chi connectivity index (χ4v) is 1.51. The summed E-state index contributed by atoms with van der Waals surface area (Å²) in [5.41, 5.74) is 13.8. The topological polar surface area (TPSA) is 89.3 Å². The Morgan fingerprint density at radius 1 is 0.900 bits per heavy atom. The zero-order valence-electron chi connectivity index (χ0n) is 11.7. The molecule has 2 aromatic rings. The molecule has 106 valence electrons. The number of nitrogens with two attached hydrogens (primary N) is 2. The van der Waals surface area contributed by atoms with Gasteiger partial charge in [0.1, 0.15) is 0 Å². The van der Waals surface area contributed by atoms with Gasteiger partial charge in [-0.2, -0.15) is 0 Å². The molecule has 0 amide bonds. The molecule has 2 aromatic carbocycles. The quantitative estimate of drug-likeness (QED) is 0.731. The molecular formula is C16H20N2O2. The summed E-state index contributed by atoms with van der Waals surface area (Å²) >= 11 is 0. The van der Waals surface area contributed by atoms with Crippen LogP contribution in [0.5, 0.6) is 0 Å². The van der Waals surface area contributed by atoms with Gasteiger partial charge in [0, 0.05) is 11.4 Å². The van der Waals surface area contributed by atoms with Gasteiger partial charge in [0.2, 0.25) is 0 Å². The van der Waals surface area contributed by atoms with E-state index in [0.29, 0.717) is 11.5 Å². The third-order valence-electron chi connectivity index (χ3n) is 2.76. The summed E-state index contributed by atoms with van der Waals surface area (Å²) in [6, 6.07) is 14.1. The largest absolute Gasteiger partial charge is 0.478 e. The number of benzene rings is 2. The summed E-state index contributed by atoms with van der Waals surface area (Å²) in [5, 5.41) is 8.61. The van der Waals surface area contributed by atoms with E-state index < -0.39 is 5.97 Å². The maximum Gasteiger partial charge on any atom is 0.335 e. The van der Waals surface area contributed by atoms with E-state index in [2.05, 4.69) is 13.8 Å². The number of anilines is 2. The Labute approximate surface area is 119 Å². The Hall–Kier alpha value is -2.49. The predicted octanol–water partition coefficient (Wildman–Crippen LogP) is 3.36. The lowest BCUT2D eigenvalue weighted by Crippen LogP contribution is -1.96. The number of carboxylic acid groups (broad SMARTS) is 1. The molecule has 0 aromatic heterocycles. The lowest BCUT2D eigenvalue weighted by atomic mass is 10.0. The summed E-state index contributed by atoms with van der Waals surface area (Å²) in [7, 11) is 0. The Balaban J connectivity index is 0.000000217. The number of hydrogen-bond acceptors (Lipinski definition) is 3. The standard InChI is InChI=1S/C10H12O2.C6H8N2/c1-7(2)8-3-5-9(6-4-8)10(11)12;7-5-1-2-6(8)4-3-5/h3-7H,1-2H3,(H,11,12);1-4H,7-8H2. The molecule has 0 aliphatic heterocycles. The highest BCUT2D eigenvalue weighted by Crippen LogP contribution is 2.14. The second-order valence-corrected chi connectivity index (χ2v) is 4.75. The van der Waals surface area contributed by atoms with Crippen LogP contribution < -0.4 is 11.5 Å². The third-order valence-corrected chi connectivity index (χ3v) is 2.76. The van der Waals surface area contributed by atoms with Gasteiger partial charge in [-0.3, -0.25) is 0 Å². The van der Waals surface area contributed by atoms with Crippen molar-refractivity contribution in [2.45, 2.75) is 19.8 Å². The van der Waals surface area contributed by atoms with E-state index in [4.69, 9.17) is 16.6 Å². The van der Waals surface area contributed by atoms with Gasteiger partial charge in [-0.25, -0.2) is 4.79 Å². The molecule has 0 saturated carbocycles. The Bertz CT molecular complexity index is 525. The number of carbonyl (C=O) groups is 1. The first-order valence-electron chi connectivity index (χ1n) is 6.34. The molecule has 0 aliphatic carbocycles. The normalized spacial score (nSPS) is 9.75. The first-order chi connectivity index (χ1) is 9.40. The van der Waals surface area contributed by atoms with Crippen LogP contribution in [-0.4, -0.2) is 11.1 Å². The minimum atomic E-state index is -0.870. The van der Waals surface area contributed by atoms with Gasteiger partial charge in [0.25, 0.3) is 0 Å². The zero-order chi connectivity index (χ0) is 15.1. The van der Waals surface area contributed by atoms with E-state index in [0.717, 1.165) is 11.4 Å². The van der Waals surface area contributed by atoms with Gasteiger partial charge in [-0.1, -0.05) is 26.0 Å². The molecule has 2 rings (SSSR count). The smallest absolute Gasteiger partial charge is 0.335 e. The number of hydrogen-bond donors (Lipinski definition) is 3. The van der Waals surface area contributed by atoms with Crippen molar-refractivity contribution >= 4 is 17.3 Å². The molecule has 4 heteroatoms. The van der Waals surface area contributed by atoms with Gasteiger partial charge >= 0.3 is 5.97 Å². The summed E-state index contributed by atoms with van der Waals surface area (Å²) in [6.45, 7) is 4.16. The van der Waals surface area contributed by atoms with Gasteiger partial charge in [0.05, 0.1) is 5.56 Å². The third kappa shape index (κ3) is 5.02. The first kappa shape index (κ1) is 15.6. The van der Waals surface area contributed by atoms with Gasteiger partial charge in [-0.15, -0.1) is 0 Å². The SMILES string of the molecule is CC(C)c1ccc(C(=O)O)cc1.Nc1ccc(N)cc1. The molecule has 0 aliphatic rings. The van der Waals surface area contributed by atoms with E-state index >= 15 is 0 Å². The molecule has 4 nitrogen and oxygen atoms in total. The number of aromatic carboxylic acids is 1. The monoisotopic (exact) mass is 272 g/mol. The molecule has 0 radical (unpaired) electrons. The number of rotatable bonds is 2. The maximum atomic E-state index is 10.5. The van der Waals surface area contributed by atoms with Crippen LogP contribution in [-0.2, 0) is 0 Å². The predicted molar refractivity (Wildman–Crippen MR) is 82.8 cm³/mol. The molecule has 0 atom stereocenters. The lowest BCUT2D eigenvalue weighted by Gasteiger charge is -2.04. The lowest BCUT2D eigenvalue weighted by molar-refractivity contribution is 0.0697. The molecule has 0 unspecified atom stereocenters. The van der Waals surface area contributed by atoms with Crippen molar-refractivity contribution in [3.05, 3.63) is 59.7 Å². The van der Waals surface area contributed by atoms with Gasteiger partial charge in [0.15, 0.2) is 0 Å². The van der Waals surface area contributed by atoms with Crippen molar-refractivity contribution in [2.24, 2.45) is 0 Å². The molecule has 0 bridgehead atoms. The Morgan fingerprint density at radius 3 is 1.60 bits per heavy atom. The molecule has 20 heavy (non-hydrogen) atoms. The van der Waals surface area contributed by atoms with Crippen LogP contribution in [0.3, 0.4) is 0 Å². The molecule has 0 saturated heterocycles. The second kappa shape index (κ2) is 7.19. The fraction of sp³-hybridized carbons (Fsp3) is 0.188. The highest BCUT2D eigenvalue weighted by Gasteiger charge is 2.02. The summed E-state index contributed by atoms with van der Waals surface area (Å²) in [4.78, 5) is 10.5. The fourth-order valence-electron chi connectivity index (χ4n) is 1.51. The average molecular weight is 272 g/mol. The summed E-state index contributed by atoms with van der Waals surface area (Å²) in [5.74, 6) is -0.418.